The van der Waals surface area contributed by atoms with E-state index < -0.39 is 22.6 Å². The fourth-order valence-electron chi connectivity index (χ4n) is 1.13. The van der Waals surface area contributed by atoms with E-state index in [9.17, 15) is 21.6 Å². The molecule has 0 amide bonds. The van der Waals surface area contributed by atoms with Gasteiger partial charge in [0.15, 0.2) is 0 Å². The maximum absolute atomic E-state index is 11.9. The average molecular weight is 366 g/mol. The zero-order valence-corrected chi connectivity index (χ0v) is 12.6. The van der Waals surface area contributed by atoms with Gasteiger partial charge in [0.05, 0.1) is 3.79 Å². The topological polar surface area (TPSA) is 46.2 Å². The second-order valence-electron chi connectivity index (χ2n) is 3.64. The van der Waals surface area contributed by atoms with E-state index in [0.717, 1.165) is 16.9 Å². The van der Waals surface area contributed by atoms with Crippen LogP contribution in [-0.4, -0.2) is 21.1 Å². The van der Waals surface area contributed by atoms with Crippen molar-refractivity contribution >= 4 is 37.3 Å². The van der Waals surface area contributed by atoms with Gasteiger partial charge >= 0.3 is 6.18 Å². The Morgan fingerprint density at radius 1 is 1.44 bits per heavy atom. The first-order valence-corrected chi connectivity index (χ1v) is 8.03. The van der Waals surface area contributed by atoms with Gasteiger partial charge in [0.2, 0.25) is 10.0 Å². The van der Waals surface area contributed by atoms with Crippen LogP contribution < -0.4 is 4.72 Å². The molecule has 0 unspecified atom stereocenters. The molecule has 9 heteroatoms. The van der Waals surface area contributed by atoms with Gasteiger partial charge in [-0.05, 0) is 40.9 Å². The van der Waals surface area contributed by atoms with Crippen LogP contribution in [0, 0.1) is 6.92 Å². The molecular weight excluding hydrogens is 355 g/mol. The molecule has 0 saturated heterocycles. The van der Waals surface area contributed by atoms with Gasteiger partial charge in [0.25, 0.3) is 0 Å². The quantitative estimate of drug-likeness (QED) is 0.812. The Morgan fingerprint density at radius 3 is 2.50 bits per heavy atom. The van der Waals surface area contributed by atoms with E-state index in [0.29, 0.717) is 3.79 Å². The van der Waals surface area contributed by atoms with Gasteiger partial charge in [-0.1, -0.05) is 0 Å². The highest BCUT2D eigenvalue weighted by atomic mass is 79.9. The van der Waals surface area contributed by atoms with Gasteiger partial charge in [-0.2, -0.15) is 13.2 Å². The Hall–Kier alpha value is -0.120. The predicted octanol–water partition coefficient (Wildman–Crippen LogP) is 3.44. The molecule has 0 aliphatic rings. The van der Waals surface area contributed by atoms with Crippen molar-refractivity contribution in [3.8, 4) is 0 Å². The van der Waals surface area contributed by atoms with Crippen molar-refractivity contribution in [2.75, 3.05) is 6.54 Å². The van der Waals surface area contributed by atoms with E-state index in [2.05, 4.69) is 20.7 Å². The number of alkyl halides is 3. The SMILES string of the molecule is Cc1cc(S(=O)(=O)NCCCC(F)(F)F)sc1Br. The van der Waals surface area contributed by atoms with Crippen molar-refractivity contribution in [2.45, 2.75) is 30.2 Å². The second-order valence-corrected chi connectivity index (χ2v) is 8.00. The van der Waals surface area contributed by atoms with Gasteiger partial charge in [-0.3, -0.25) is 0 Å². The lowest BCUT2D eigenvalue weighted by molar-refractivity contribution is -0.135. The van der Waals surface area contributed by atoms with E-state index in [4.69, 9.17) is 0 Å². The molecule has 104 valence electrons. The first-order chi connectivity index (χ1) is 8.12. The number of hydrogen-bond acceptors (Lipinski definition) is 3. The van der Waals surface area contributed by atoms with E-state index in [1.807, 2.05) is 0 Å². The standard InChI is InChI=1S/C9H11BrF3NO2S2/c1-6-5-7(17-8(6)10)18(15,16)14-4-2-3-9(11,12)13/h5,14H,2-4H2,1H3. The van der Waals surface area contributed by atoms with Gasteiger partial charge in [-0.15, -0.1) is 11.3 Å². The normalized spacial score (nSPS) is 12.9. The smallest absolute Gasteiger partial charge is 0.210 e. The number of halogens is 4. The molecule has 0 aliphatic heterocycles. The highest BCUT2D eigenvalue weighted by Gasteiger charge is 2.26. The highest BCUT2D eigenvalue weighted by molar-refractivity contribution is 9.11. The summed E-state index contributed by atoms with van der Waals surface area (Å²) < 4.78 is 62.0. The summed E-state index contributed by atoms with van der Waals surface area (Å²) >= 11 is 4.22. The third-order valence-corrected chi connectivity index (χ3v) is 6.10. The minimum Gasteiger partial charge on any atom is -0.210 e. The third kappa shape index (κ3) is 4.87. The Bertz CT molecular complexity index is 491. The van der Waals surface area contributed by atoms with Crippen molar-refractivity contribution in [3.05, 3.63) is 15.4 Å². The molecule has 0 aromatic carbocycles. The molecular formula is C9H11BrF3NO2S2. The summed E-state index contributed by atoms with van der Waals surface area (Å²) in [5.74, 6) is 0. The third-order valence-electron chi connectivity index (χ3n) is 2.03. The molecule has 0 aliphatic carbocycles. The first-order valence-electron chi connectivity index (χ1n) is 4.94. The zero-order chi connectivity index (χ0) is 14.0. The Morgan fingerprint density at radius 2 is 2.06 bits per heavy atom. The first kappa shape index (κ1) is 15.9. The molecule has 0 saturated carbocycles. The maximum Gasteiger partial charge on any atom is 0.389 e. The number of sulfonamides is 1. The largest absolute Gasteiger partial charge is 0.389 e. The van der Waals surface area contributed by atoms with E-state index >= 15 is 0 Å². The molecule has 1 heterocycles. The lowest BCUT2D eigenvalue weighted by Crippen LogP contribution is -2.25. The van der Waals surface area contributed by atoms with Crippen LogP contribution in [0.25, 0.3) is 0 Å². The molecule has 1 aromatic rings. The minimum absolute atomic E-state index is 0.0962. The molecule has 0 bridgehead atoms. The average Bonchev–Trinajstić information content (AvgIpc) is 2.54. The summed E-state index contributed by atoms with van der Waals surface area (Å²) in [5, 5.41) is 0. The fraction of sp³-hybridized carbons (Fsp3) is 0.556. The molecule has 1 aromatic heterocycles. The lowest BCUT2D eigenvalue weighted by Gasteiger charge is -2.07. The van der Waals surface area contributed by atoms with E-state index in [1.54, 1.807) is 6.92 Å². The number of nitrogens with one attached hydrogen (secondary N) is 1. The number of hydrogen-bond donors (Lipinski definition) is 1. The van der Waals surface area contributed by atoms with Crippen LogP contribution in [0.4, 0.5) is 13.2 Å². The molecule has 0 radical (unpaired) electrons. The van der Waals surface area contributed by atoms with Gasteiger partial charge in [0.1, 0.15) is 4.21 Å². The summed E-state index contributed by atoms with van der Waals surface area (Å²) in [6.45, 7) is 1.51. The summed E-state index contributed by atoms with van der Waals surface area (Å²) in [4.78, 5) is 0. The maximum atomic E-state index is 11.9. The van der Waals surface area contributed by atoms with Crippen LogP contribution >= 0.6 is 27.3 Å². The molecule has 1 rings (SSSR count). The summed E-state index contributed by atoms with van der Waals surface area (Å²) in [7, 11) is -3.71. The molecule has 0 spiro atoms. The molecule has 18 heavy (non-hydrogen) atoms. The van der Waals surface area contributed by atoms with Crippen molar-refractivity contribution < 1.29 is 21.6 Å². The van der Waals surface area contributed by atoms with Crippen molar-refractivity contribution in [2.24, 2.45) is 0 Å². The molecule has 3 nitrogen and oxygen atoms in total. The Kier molecular flexibility index (Phi) is 5.22. The minimum atomic E-state index is -4.26. The number of thiophene rings is 1. The van der Waals surface area contributed by atoms with Crippen LogP contribution in [0.3, 0.4) is 0 Å². The molecule has 0 fully saturated rings. The van der Waals surface area contributed by atoms with Gasteiger partial charge < -0.3 is 0 Å². The fourth-order valence-corrected chi connectivity index (χ4v) is 4.47. The Labute approximate surface area is 116 Å². The number of rotatable bonds is 5. The van der Waals surface area contributed by atoms with Crippen molar-refractivity contribution in [1.29, 1.82) is 0 Å². The van der Waals surface area contributed by atoms with Gasteiger partial charge in [-0.25, -0.2) is 13.1 Å². The zero-order valence-electron chi connectivity index (χ0n) is 9.34. The predicted molar refractivity (Wildman–Crippen MR) is 67.2 cm³/mol. The lowest BCUT2D eigenvalue weighted by atomic mass is 10.3. The summed E-state index contributed by atoms with van der Waals surface area (Å²) in [6, 6.07) is 1.47. The van der Waals surface area contributed by atoms with Crippen LogP contribution in [0.5, 0.6) is 0 Å². The van der Waals surface area contributed by atoms with Crippen LogP contribution in [-0.2, 0) is 10.0 Å². The van der Waals surface area contributed by atoms with Crippen LogP contribution in [0.2, 0.25) is 0 Å². The molecule has 1 N–H and O–H groups in total. The monoisotopic (exact) mass is 365 g/mol. The van der Waals surface area contributed by atoms with Crippen LogP contribution in [0.15, 0.2) is 14.1 Å². The van der Waals surface area contributed by atoms with Gasteiger partial charge in [0, 0.05) is 13.0 Å². The molecule has 0 atom stereocenters. The second kappa shape index (κ2) is 5.89. The van der Waals surface area contributed by atoms with Crippen molar-refractivity contribution in [1.82, 2.24) is 4.72 Å². The van der Waals surface area contributed by atoms with Crippen molar-refractivity contribution in [3.63, 3.8) is 0 Å². The van der Waals surface area contributed by atoms with Crippen LogP contribution in [0.1, 0.15) is 18.4 Å². The summed E-state index contributed by atoms with van der Waals surface area (Å²) in [6.07, 6.45) is -5.52. The summed E-state index contributed by atoms with van der Waals surface area (Å²) in [5.41, 5.74) is 0.774. The Balaban J connectivity index is 2.56. The van der Waals surface area contributed by atoms with E-state index in [1.165, 1.54) is 6.07 Å². The number of aryl methyl sites for hydroxylation is 1. The van der Waals surface area contributed by atoms with E-state index in [-0.39, 0.29) is 17.2 Å². The highest BCUT2D eigenvalue weighted by Crippen LogP contribution is 2.30.